The highest BCUT2D eigenvalue weighted by Crippen LogP contribution is 2.45. The third-order valence-electron chi connectivity index (χ3n) is 18.4. The summed E-state index contributed by atoms with van der Waals surface area (Å²) in [6.07, 6.45) is 52.6. The van der Waals surface area contributed by atoms with Crippen LogP contribution in [-0.2, 0) is 65.4 Å². The molecule has 0 rings (SSSR count). The highest BCUT2D eigenvalue weighted by molar-refractivity contribution is 7.47. The molecule has 7 atom stereocenters. The van der Waals surface area contributed by atoms with Gasteiger partial charge >= 0.3 is 39.5 Å². The molecule has 4 unspecified atom stereocenters. The van der Waals surface area contributed by atoms with Crippen molar-refractivity contribution in [1.29, 1.82) is 0 Å². The van der Waals surface area contributed by atoms with Crippen LogP contribution in [0.3, 0.4) is 0 Å². The lowest BCUT2D eigenvalue weighted by molar-refractivity contribution is -0.161. The van der Waals surface area contributed by atoms with Crippen LogP contribution in [0.2, 0.25) is 0 Å². The van der Waals surface area contributed by atoms with E-state index in [1.54, 1.807) is 0 Å². The molecule has 0 saturated carbocycles. The molecule has 0 aromatic rings. The summed E-state index contributed by atoms with van der Waals surface area (Å²) in [4.78, 5) is 72.8. The summed E-state index contributed by atoms with van der Waals surface area (Å²) >= 11 is 0. The van der Waals surface area contributed by atoms with E-state index < -0.39 is 97.5 Å². The smallest absolute Gasteiger partial charge is 0.462 e. The van der Waals surface area contributed by atoms with E-state index in [9.17, 15) is 43.2 Å². The number of hydrogen-bond donors (Lipinski definition) is 3. The van der Waals surface area contributed by atoms with Crippen LogP contribution in [-0.4, -0.2) is 96.7 Å². The van der Waals surface area contributed by atoms with Gasteiger partial charge in [-0.1, -0.05) is 337 Å². The molecule has 17 nitrogen and oxygen atoms in total. The van der Waals surface area contributed by atoms with Gasteiger partial charge in [-0.25, -0.2) is 9.13 Å². The SMILES string of the molecule is CCCCCCCCCCCCCCCCCCCCC(=O)O[C@H](COC(=O)CCCCCCCCCCCCC(C)C)COP(=O)(O)OC[C@@H](O)COP(=O)(O)OC[C@@H](COC(=O)CCCCCCCCCCC(C)CC)OC(=O)CCCCCCCCCCC(C)CC. The fourth-order valence-electron chi connectivity index (χ4n) is 11.5. The maximum atomic E-state index is 13.1. The van der Waals surface area contributed by atoms with Gasteiger partial charge in [0.05, 0.1) is 26.4 Å². The number of aliphatic hydroxyl groups is 1. The highest BCUT2D eigenvalue weighted by atomic mass is 31.2. The molecule has 0 amide bonds. The van der Waals surface area contributed by atoms with E-state index in [4.69, 9.17) is 37.0 Å². The van der Waals surface area contributed by atoms with Gasteiger partial charge in [0.25, 0.3) is 0 Å². The Hall–Kier alpha value is -1.94. The first kappa shape index (κ1) is 93.1. The molecule has 0 bridgehead atoms. The summed E-state index contributed by atoms with van der Waals surface area (Å²) in [7, 11) is -9.91. The maximum Gasteiger partial charge on any atom is 0.472 e. The molecular weight excluding hydrogens is 1250 g/mol. The summed E-state index contributed by atoms with van der Waals surface area (Å²) in [6.45, 7) is 11.9. The van der Waals surface area contributed by atoms with Gasteiger partial charge in [-0.15, -0.1) is 0 Å². The first-order chi connectivity index (χ1) is 45.8. The van der Waals surface area contributed by atoms with Crippen LogP contribution in [0.5, 0.6) is 0 Å². The minimum Gasteiger partial charge on any atom is -0.462 e. The lowest BCUT2D eigenvalue weighted by atomic mass is 9.99. The molecule has 0 fully saturated rings. The molecule has 0 heterocycles. The first-order valence-corrected chi connectivity index (χ1v) is 42.4. The van der Waals surface area contributed by atoms with Crippen molar-refractivity contribution < 1.29 is 80.2 Å². The molecule has 0 radical (unpaired) electrons. The number of carbonyl (C=O) groups is 4. The summed E-state index contributed by atoms with van der Waals surface area (Å²) in [6, 6.07) is 0. The lowest BCUT2D eigenvalue weighted by Gasteiger charge is -2.21. The number of rotatable bonds is 74. The number of phosphoric acid groups is 2. The number of ether oxygens (including phenoxy) is 4. The summed E-state index contributed by atoms with van der Waals surface area (Å²) in [5.74, 6) is 0.186. The van der Waals surface area contributed by atoms with Crippen LogP contribution >= 0.6 is 15.6 Å². The van der Waals surface area contributed by atoms with Gasteiger partial charge in [-0.2, -0.15) is 0 Å². The quantitative estimate of drug-likeness (QED) is 0.0222. The van der Waals surface area contributed by atoms with Gasteiger partial charge in [0.15, 0.2) is 12.2 Å². The van der Waals surface area contributed by atoms with Gasteiger partial charge in [0.1, 0.15) is 19.3 Å². The normalized spacial score (nSPS) is 14.6. The highest BCUT2D eigenvalue weighted by Gasteiger charge is 2.30. The molecule has 0 saturated heterocycles. The van der Waals surface area contributed by atoms with Crippen molar-refractivity contribution in [1.82, 2.24) is 0 Å². The van der Waals surface area contributed by atoms with Gasteiger partial charge in [-0.3, -0.25) is 37.3 Å². The zero-order chi connectivity index (χ0) is 70.1. The fourth-order valence-corrected chi connectivity index (χ4v) is 13.1. The van der Waals surface area contributed by atoms with Crippen molar-refractivity contribution in [2.75, 3.05) is 39.6 Å². The van der Waals surface area contributed by atoms with Crippen LogP contribution in [0.15, 0.2) is 0 Å². The zero-order valence-electron chi connectivity index (χ0n) is 62.1. The standard InChI is InChI=1S/C76H148O17P2/c1-8-11-12-13-14-15-16-17-18-19-20-21-22-23-28-38-45-52-59-75(80)92-71(63-86-73(78)57-50-43-36-27-25-24-26-33-40-47-54-67(4)5)65-90-94(82,83)88-61-70(77)62-89-95(84,85)91-66-72(93-76(81)60-53-46-39-32-30-35-42-49-56-69(7)10-3)64-87-74(79)58-51-44-37-31-29-34-41-48-55-68(6)9-2/h67-72,77H,8-66H2,1-7H3,(H,82,83)(H,84,85)/t68?,69?,70-,71-,72-/m1/s1. The topological polar surface area (TPSA) is 237 Å². The fraction of sp³-hybridized carbons (Fsp3) is 0.947. The first-order valence-electron chi connectivity index (χ1n) is 39.4. The molecule has 564 valence electrons. The van der Waals surface area contributed by atoms with E-state index in [0.717, 1.165) is 108 Å². The largest absolute Gasteiger partial charge is 0.472 e. The second-order valence-corrected chi connectivity index (χ2v) is 31.3. The van der Waals surface area contributed by atoms with E-state index in [1.807, 2.05) is 0 Å². The molecule has 0 aliphatic rings. The second-order valence-electron chi connectivity index (χ2n) is 28.4. The Bertz CT molecular complexity index is 1860. The van der Waals surface area contributed by atoms with Crippen LogP contribution in [0.4, 0.5) is 0 Å². The van der Waals surface area contributed by atoms with Gasteiger partial charge in [0.2, 0.25) is 0 Å². The van der Waals surface area contributed by atoms with E-state index in [2.05, 4.69) is 48.5 Å². The van der Waals surface area contributed by atoms with Crippen molar-refractivity contribution in [3.05, 3.63) is 0 Å². The number of carbonyl (C=O) groups excluding carboxylic acids is 4. The Morgan fingerprint density at radius 1 is 0.305 bits per heavy atom. The molecule has 0 aliphatic heterocycles. The molecule has 19 heteroatoms. The Labute approximate surface area is 581 Å². The predicted octanol–water partition coefficient (Wildman–Crippen LogP) is 22.2. The molecule has 0 aliphatic carbocycles. The minimum atomic E-state index is -4.96. The van der Waals surface area contributed by atoms with Crippen molar-refractivity contribution in [2.45, 2.75) is 407 Å². The number of phosphoric ester groups is 2. The van der Waals surface area contributed by atoms with E-state index in [-0.39, 0.29) is 25.7 Å². The van der Waals surface area contributed by atoms with Crippen LogP contribution in [0.1, 0.15) is 389 Å². The van der Waals surface area contributed by atoms with Gasteiger partial charge in [0, 0.05) is 25.7 Å². The zero-order valence-corrected chi connectivity index (χ0v) is 63.9. The molecule has 0 aromatic carbocycles. The monoisotopic (exact) mass is 1400 g/mol. The number of hydrogen-bond acceptors (Lipinski definition) is 15. The minimum absolute atomic E-state index is 0.104. The van der Waals surface area contributed by atoms with Crippen molar-refractivity contribution in [2.24, 2.45) is 17.8 Å². The predicted molar refractivity (Wildman–Crippen MR) is 386 cm³/mol. The van der Waals surface area contributed by atoms with Crippen LogP contribution < -0.4 is 0 Å². The Balaban J connectivity index is 5.26. The number of esters is 4. The van der Waals surface area contributed by atoms with Gasteiger partial charge in [-0.05, 0) is 43.4 Å². The van der Waals surface area contributed by atoms with Crippen molar-refractivity contribution in [3.63, 3.8) is 0 Å². The molecular formula is C76H148O17P2. The Morgan fingerprint density at radius 2 is 0.537 bits per heavy atom. The average molecular weight is 1400 g/mol. The summed E-state index contributed by atoms with van der Waals surface area (Å²) in [5, 5.41) is 10.6. The number of unbranched alkanes of at least 4 members (excludes halogenated alkanes) is 40. The average Bonchev–Trinajstić information content (AvgIpc) is 2.31. The lowest BCUT2D eigenvalue weighted by Crippen LogP contribution is -2.30. The number of aliphatic hydroxyl groups excluding tert-OH is 1. The second kappa shape index (κ2) is 66.6. The van der Waals surface area contributed by atoms with Gasteiger partial charge < -0.3 is 33.8 Å². The molecule has 3 N–H and O–H groups in total. The Morgan fingerprint density at radius 3 is 0.800 bits per heavy atom. The van der Waals surface area contributed by atoms with Crippen LogP contribution in [0, 0.1) is 17.8 Å². The summed E-state index contributed by atoms with van der Waals surface area (Å²) in [5.41, 5.74) is 0. The molecule has 0 aromatic heterocycles. The summed E-state index contributed by atoms with van der Waals surface area (Å²) < 4.78 is 68.5. The van der Waals surface area contributed by atoms with Crippen molar-refractivity contribution >= 4 is 39.5 Å². The van der Waals surface area contributed by atoms with Crippen molar-refractivity contribution in [3.8, 4) is 0 Å². The molecule has 95 heavy (non-hydrogen) atoms. The maximum absolute atomic E-state index is 13.1. The van der Waals surface area contributed by atoms with Crippen LogP contribution in [0.25, 0.3) is 0 Å². The van der Waals surface area contributed by atoms with E-state index in [1.165, 1.54) is 199 Å². The third-order valence-corrected chi connectivity index (χ3v) is 20.3. The van der Waals surface area contributed by atoms with E-state index in [0.29, 0.717) is 25.7 Å². The van der Waals surface area contributed by atoms with E-state index >= 15 is 0 Å². The third kappa shape index (κ3) is 67.6. The Kier molecular flexibility index (Phi) is 65.2. The molecule has 0 spiro atoms.